The van der Waals surface area contributed by atoms with Gasteiger partial charge in [-0.3, -0.25) is 14.6 Å². The first-order valence-corrected chi connectivity index (χ1v) is 10.9. The molecule has 0 spiro atoms. The average Bonchev–Trinajstić information content (AvgIpc) is 3.27. The SMILES string of the molecule is Nc1nn(-c2cc(Cl)c(Oc3cc(-c4ccc5c(c4)CCC5)c(=O)[nH]n3)c(Cl)c2)c(=O)[nH]c1=O. The summed E-state index contributed by atoms with van der Waals surface area (Å²) in [4.78, 5) is 38.0. The van der Waals surface area contributed by atoms with E-state index in [0.29, 0.717) is 5.56 Å². The Bertz CT molecular complexity index is 1600. The van der Waals surface area contributed by atoms with E-state index >= 15 is 0 Å². The summed E-state index contributed by atoms with van der Waals surface area (Å²) in [5, 5.41) is 10.2. The molecule has 0 aliphatic heterocycles. The van der Waals surface area contributed by atoms with E-state index in [1.54, 1.807) is 0 Å². The van der Waals surface area contributed by atoms with Gasteiger partial charge in [0, 0.05) is 6.07 Å². The molecule has 1 aliphatic carbocycles. The minimum absolute atomic E-state index is 0.0352. The number of halogens is 2. The van der Waals surface area contributed by atoms with Gasteiger partial charge < -0.3 is 10.5 Å². The fourth-order valence-corrected chi connectivity index (χ4v) is 4.40. The molecule has 172 valence electrons. The molecule has 4 aromatic rings. The summed E-state index contributed by atoms with van der Waals surface area (Å²) in [6, 6.07) is 10.2. The van der Waals surface area contributed by atoms with E-state index in [-0.39, 0.29) is 32.9 Å². The average molecular weight is 499 g/mol. The third-order valence-corrected chi connectivity index (χ3v) is 6.04. The van der Waals surface area contributed by atoms with E-state index in [2.05, 4.69) is 15.3 Å². The summed E-state index contributed by atoms with van der Waals surface area (Å²) in [7, 11) is 0. The third kappa shape index (κ3) is 3.97. The first-order chi connectivity index (χ1) is 16.3. The van der Waals surface area contributed by atoms with Crippen molar-refractivity contribution in [3.05, 3.63) is 88.8 Å². The quantitative estimate of drug-likeness (QED) is 0.391. The molecule has 34 heavy (non-hydrogen) atoms. The van der Waals surface area contributed by atoms with Gasteiger partial charge >= 0.3 is 5.69 Å². The van der Waals surface area contributed by atoms with Crippen molar-refractivity contribution in [1.82, 2.24) is 25.0 Å². The molecule has 5 rings (SSSR count). The molecule has 0 atom stereocenters. The van der Waals surface area contributed by atoms with E-state index in [1.165, 1.54) is 29.3 Å². The molecule has 10 nitrogen and oxygen atoms in total. The molecular formula is C22H16Cl2N6O4. The number of nitrogen functional groups attached to an aromatic ring is 1. The lowest BCUT2D eigenvalue weighted by Crippen LogP contribution is -2.33. The molecule has 4 N–H and O–H groups in total. The summed E-state index contributed by atoms with van der Waals surface area (Å²) in [6.45, 7) is 0. The number of anilines is 1. The van der Waals surface area contributed by atoms with Crippen molar-refractivity contribution in [1.29, 1.82) is 0 Å². The standard InChI is InChI=1S/C22H16Cl2N6O4/c23-15-7-13(30-22(33)26-21(32)19(25)29-30)8-16(24)18(15)34-17-9-14(20(31)28-27-17)12-5-4-10-2-1-3-11(10)6-12/h4-9H,1-3H2,(H2,25,29)(H,28,31)(H,26,32,33). The highest BCUT2D eigenvalue weighted by atomic mass is 35.5. The van der Waals surface area contributed by atoms with Crippen molar-refractivity contribution in [3.63, 3.8) is 0 Å². The number of aromatic nitrogens is 5. The smallest absolute Gasteiger partial charge is 0.349 e. The Hall–Kier alpha value is -3.89. The first kappa shape index (κ1) is 21.9. The summed E-state index contributed by atoms with van der Waals surface area (Å²) in [6.07, 6.45) is 3.11. The van der Waals surface area contributed by atoms with Gasteiger partial charge in [0.1, 0.15) is 0 Å². The van der Waals surface area contributed by atoms with Crippen LogP contribution in [0.1, 0.15) is 17.5 Å². The summed E-state index contributed by atoms with van der Waals surface area (Å²) < 4.78 is 6.63. The number of hydrogen-bond acceptors (Lipinski definition) is 7. The Labute approximate surface area is 200 Å². The van der Waals surface area contributed by atoms with Crippen molar-refractivity contribution < 1.29 is 4.74 Å². The normalized spacial score (nSPS) is 12.5. The van der Waals surface area contributed by atoms with E-state index in [0.717, 1.165) is 29.5 Å². The molecule has 2 aromatic heterocycles. The van der Waals surface area contributed by atoms with Gasteiger partial charge in [0.2, 0.25) is 11.7 Å². The number of nitrogens with two attached hydrogens (primary N) is 1. The number of hydrogen-bond donors (Lipinski definition) is 3. The van der Waals surface area contributed by atoms with Gasteiger partial charge in [-0.1, -0.05) is 41.4 Å². The van der Waals surface area contributed by atoms with Crippen LogP contribution in [0.4, 0.5) is 5.82 Å². The maximum Gasteiger partial charge on any atom is 0.349 e. The van der Waals surface area contributed by atoms with Crippen LogP contribution < -0.4 is 27.3 Å². The Balaban J connectivity index is 1.50. The molecule has 1 aliphatic rings. The van der Waals surface area contributed by atoms with Crippen LogP contribution in [-0.4, -0.2) is 25.0 Å². The van der Waals surface area contributed by atoms with Gasteiger partial charge in [0.15, 0.2) is 5.75 Å². The van der Waals surface area contributed by atoms with Gasteiger partial charge in [-0.05, 0) is 48.1 Å². The van der Waals surface area contributed by atoms with Gasteiger partial charge in [-0.15, -0.1) is 10.2 Å². The van der Waals surface area contributed by atoms with E-state index < -0.39 is 17.1 Å². The maximum atomic E-state index is 12.4. The minimum atomic E-state index is -0.818. The van der Waals surface area contributed by atoms with Crippen molar-refractivity contribution in [2.45, 2.75) is 19.3 Å². The van der Waals surface area contributed by atoms with Gasteiger partial charge in [0.25, 0.3) is 11.1 Å². The Morgan fingerprint density at radius 2 is 1.71 bits per heavy atom. The zero-order valence-electron chi connectivity index (χ0n) is 17.4. The molecule has 12 heteroatoms. The van der Waals surface area contributed by atoms with Crippen LogP contribution in [0, 0.1) is 0 Å². The Kier molecular flexibility index (Phi) is 5.46. The zero-order valence-corrected chi connectivity index (χ0v) is 18.9. The van der Waals surface area contributed by atoms with Crippen molar-refractivity contribution in [2.75, 3.05) is 5.73 Å². The predicted molar refractivity (Wildman–Crippen MR) is 127 cm³/mol. The van der Waals surface area contributed by atoms with Crippen LogP contribution in [0.25, 0.3) is 16.8 Å². The molecule has 2 aromatic carbocycles. The van der Waals surface area contributed by atoms with Crippen molar-refractivity contribution >= 4 is 29.0 Å². The fourth-order valence-electron chi connectivity index (χ4n) is 3.85. The molecule has 0 bridgehead atoms. The number of aromatic amines is 2. The predicted octanol–water partition coefficient (Wildman–Crippen LogP) is 2.84. The minimum Gasteiger partial charge on any atom is -0.434 e. The summed E-state index contributed by atoms with van der Waals surface area (Å²) >= 11 is 12.7. The van der Waals surface area contributed by atoms with E-state index in [1.807, 2.05) is 23.2 Å². The number of H-pyrrole nitrogens is 2. The fraction of sp³-hybridized carbons (Fsp3) is 0.136. The number of fused-ring (bicyclic) bond motifs is 1. The first-order valence-electron chi connectivity index (χ1n) is 10.2. The third-order valence-electron chi connectivity index (χ3n) is 5.48. The second-order valence-corrected chi connectivity index (χ2v) is 8.50. The lowest BCUT2D eigenvalue weighted by atomic mass is 10.0. The summed E-state index contributed by atoms with van der Waals surface area (Å²) in [5.41, 5.74) is 7.33. The highest BCUT2D eigenvalue weighted by Crippen LogP contribution is 2.38. The lowest BCUT2D eigenvalue weighted by molar-refractivity contribution is 0.455. The number of ether oxygens (including phenoxy) is 1. The molecule has 0 amide bonds. The Morgan fingerprint density at radius 1 is 0.971 bits per heavy atom. The van der Waals surface area contributed by atoms with Gasteiger partial charge in [0.05, 0.1) is 21.3 Å². The van der Waals surface area contributed by atoms with Crippen molar-refractivity contribution in [2.24, 2.45) is 0 Å². The monoisotopic (exact) mass is 498 g/mol. The second-order valence-electron chi connectivity index (χ2n) is 7.68. The molecule has 0 saturated heterocycles. The largest absolute Gasteiger partial charge is 0.434 e. The molecule has 0 radical (unpaired) electrons. The maximum absolute atomic E-state index is 12.4. The number of rotatable bonds is 4. The number of nitrogens with zero attached hydrogens (tertiary/aromatic N) is 3. The van der Waals surface area contributed by atoms with Crippen LogP contribution >= 0.6 is 23.2 Å². The highest BCUT2D eigenvalue weighted by Gasteiger charge is 2.17. The lowest BCUT2D eigenvalue weighted by Gasteiger charge is -2.12. The van der Waals surface area contributed by atoms with Crippen LogP contribution in [0.3, 0.4) is 0 Å². The number of aryl methyl sites for hydroxylation is 2. The van der Waals surface area contributed by atoms with Crippen molar-refractivity contribution in [3.8, 4) is 28.4 Å². The van der Waals surface area contributed by atoms with Gasteiger partial charge in [-0.2, -0.15) is 4.68 Å². The molecule has 0 saturated carbocycles. The number of benzene rings is 2. The highest BCUT2D eigenvalue weighted by molar-refractivity contribution is 6.37. The second kappa shape index (κ2) is 8.47. The molecular weight excluding hydrogens is 483 g/mol. The van der Waals surface area contributed by atoms with Crippen LogP contribution in [-0.2, 0) is 12.8 Å². The van der Waals surface area contributed by atoms with Gasteiger partial charge in [-0.25, -0.2) is 9.89 Å². The molecule has 0 fully saturated rings. The van der Waals surface area contributed by atoms with Crippen LogP contribution in [0.5, 0.6) is 11.6 Å². The van der Waals surface area contributed by atoms with Crippen LogP contribution in [0.2, 0.25) is 10.0 Å². The Morgan fingerprint density at radius 3 is 2.47 bits per heavy atom. The molecule has 2 heterocycles. The van der Waals surface area contributed by atoms with E-state index in [9.17, 15) is 14.4 Å². The molecule has 0 unspecified atom stereocenters. The summed E-state index contributed by atoms with van der Waals surface area (Å²) in [5.74, 6) is -0.282. The topological polar surface area (TPSA) is 149 Å². The number of nitrogens with one attached hydrogen (secondary N) is 2. The zero-order chi connectivity index (χ0) is 24.0. The van der Waals surface area contributed by atoms with Crippen LogP contribution in [0.15, 0.2) is 50.8 Å². The van der Waals surface area contributed by atoms with E-state index in [4.69, 9.17) is 33.7 Å².